The lowest BCUT2D eigenvalue weighted by Crippen LogP contribution is -2.33. The fourth-order valence-electron chi connectivity index (χ4n) is 2.65. The van der Waals surface area contributed by atoms with Crippen LogP contribution < -0.4 is 5.73 Å². The number of hydrogen-bond donors (Lipinski definition) is 1. The summed E-state index contributed by atoms with van der Waals surface area (Å²) in [4.78, 5) is 0. The van der Waals surface area contributed by atoms with Crippen LogP contribution in [0.2, 0.25) is 5.02 Å². The summed E-state index contributed by atoms with van der Waals surface area (Å²) in [6, 6.07) is 5.63. The molecule has 0 aromatic heterocycles. The Bertz CT molecular complexity index is 430. The highest BCUT2D eigenvalue weighted by Crippen LogP contribution is 2.54. The van der Waals surface area contributed by atoms with Crippen molar-refractivity contribution in [1.29, 1.82) is 0 Å². The molecule has 0 aliphatic heterocycles. The number of rotatable bonds is 3. The minimum absolute atomic E-state index is 0.0297. The Morgan fingerprint density at radius 1 is 1.41 bits per heavy atom. The van der Waals surface area contributed by atoms with Gasteiger partial charge in [0.15, 0.2) is 0 Å². The Morgan fingerprint density at radius 2 is 2.00 bits per heavy atom. The third kappa shape index (κ3) is 2.09. The molecule has 3 heteroatoms. The van der Waals surface area contributed by atoms with Gasteiger partial charge in [-0.2, -0.15) is 0 Å². The molecule has 2 N–H and O–H groups in total. The third-order valence-electron chi connectivity index (χ3n) is 3.80. The van der Waals surface area contributed by atoms with E-state index >= 15 is 0 Å². The molecule has 94 valence electrons. The highest BCUT2D eigenvalue weighted by Gasteiger charge is 2.50. The number of hydrogen-bond acceptors (Lipinski definition) is 1. The summed E-state index contributed by atoms with van der Waals surface area (Å²) in [5, 5.41) is 0.502. The summed E-state index contributed by atoms with van der Waals surface area (Å²) >= 11 is 6.17. The molecule has 0 bridgehead atoms. The maximum absolute atomic E-state index is 14.3. The maximum Gasteiger partial charge on any atom is 0.132 e. The van der Waals surface area contributed by atoms with Crippen molar-refractivity contribution in [2.24, 2.45) is 5.73 Å². The molecule has 0 heterocycles. The van der Waals surface area contributed by atoms with Crippen LogP contribution in [0.1, 0.15) is 44.7 Å². The first-order valence-corrected chi connectivity index (χ1v) is 6.41. The van der Waals surface area contributed by atoms with Gasteiger partial charge in [0.25, 0.3) is 0 Å². The van der Waals surface area contributed by atoms with E-state index in [1.807, 2.05) is 19.1 Å². The smallest absolute Gasteiger partial charge is 0.132 e. The second-order valence-corrected chi connectivity index (χ2v) is 5.99. The van der Waals surface area contributed by atoms with Gasteiger partial charge in [-0.15, -0.1) is 0 Å². The van der Waals surface area contributed by atoms with E-state index in [0.29, 0.717) is 10.6 Å². The Balaban J connectivity index is 2.60. The van der Waals surface area contributed by atoms with Crippen LogP contribution in [0.25, 0.3) is 0 Å². The van der Waals surface area contributed by atoms with Crippen LogP contribution in [0.15, 0.2) is 18.2 Å². The molecule has 1 aliphatic carbocycles. The lowest BCUT2D eigenvalue weighted by Gasteiger charge is -2.28. The SMILES string of the molecule is CC(N)C1(c2cccc(Cl)c2C(C)(C)F)CC1. The summed E-state index contributed by atoms with van der Waals surface area (Å²) in [5.74, 6) is 0. The van der Waals surface area contributed by atoms with Crippen molar-refractivity contribution < 1.29 is 4.39 Å². The molecule has 0 amide bonds. The van der Waals surface area contributed by atoms with Gasteiger partial charge in [0, 0.05) is 22.0 Å². The zero-order valence-corrected chi connectivity index (χ0v) is 11.3. The molecule has 17 heavy (non-hydrogen) atoms. The van der Waals surface area contributed by atoms with E-state index in [1.165, 1.54) is 0 Å². The molecular formula is C14H19ClFN. The predicted octanol–water partition coefficient (Wildman–Crippen LogP) is 3.92. The Kier molecular flexibility index (Phi) is 2.99. The molecule has 1 fully saturated rings. The van der Waals surface area contributed by atoms with Crippen molar-refractivity contribution in [2.75, 3.05) is 0 Å². The van der Waals surface area contributed by atoms with Crippen LogP contribution in [0, 0.1) is 0 Å². The van der Waals surface area contributed by atoms with Crippen molar-refractivity contribution in [1.82, 2.24) is 0 Å². The fourth-order valence-corrected chi connectivity index (χ4v) is 3.05. The first-order valence-electron chi connectivity index (χ1n) is 6.03. The van der Waals surface area contributed by atoms with Gasteiger partial charge in [-0.1, -0.05) is 23.7 Å². The highest BCUT2D eigenvalue weighted by molar-refractivity contribution is 6.31. The van der Waals surface area contributed by atoms with E-state index < -0.39 is 5.67 Å². The summed E-state index contributed by atoms with van der Waals surface area (Å²) in [6.07, 6.45) is 2.04. The molecule has 1 saturated carbocycles. The van der Waals surface area contributed by atoms with Crippen molar-refractivity contribution in [3.63, 3.8) is 0 Å². The van der Waals surface area contributed by atoms with Crippen LogP contribution in [0.3, 0.4) is 0 Å². The van der Waals surface area contributed by atoms with E-state index in [-0.39, 0.29) is 11.5 Å². The molecule has 1 aromatic carbocycles. The first kappa shape index (κ1) is 12.8. The minimum Gasteiger partial charge on any atom is -0.327 e. The lowest BCUT2D eigenvalue weighted by molar-refractivity contribution is 0.218. The molecule has 1 unspecified atom stereocenters. The quantitative estimate of drug-likeness (QED) is 0.870. The standard InChI is InChI=1S/C14H19ClFN/c1-9(17)14(7-8-14)10-5-4-6-11(15)12(10)13(2,3)16/h4-6,9H,7-8,17H2,1-3H3. The molecule has 1 nitrogen and oxygen atoms in total. The molecule has 1 aliphatic rings. The van der Waals surface area contributed by atoms with Gasteiger partial charge in [0.05, 0.1) is 0 Å². The van der Waals surface area contributed by atoms with Crippen LogP contribution in [0.4, 0.5) is 4.39 Å². The normalized spacial score (nSPS) is 20.1. The van der Waals surface area contributed by atoms with Crippen molar-refractivity contribution in [3.05, 3.63) is 34.3 Å². The maximum atomic E-state index is 14.3. The Morgan fingerprint density at radius 3 is 2.41 bits per heavy atom. The molecule has 0 saturated heterocycles. The zero-order chi connectivity index (χ0) is 12.8. The van der Waals surface area contributed by atoms with E-state index in [0.717, 1.165) is 18.4 Å². The topological polar surface area (TPSA) is 26.0 Å². The van der Waals surface area contributed by atoms with Gasteiger partial charge in [-0.3, -0.25) is 0 Å². The molecule has 1 aromatic rings. The van der Waals surface area contributed by atoms with E-state index in [9.17, 15) is 4.39 Å². The highest BCUT2D eigenvalue weighted by atomic mass is 35.5. The van der Waals surface area contributed by atoms with Crippen LogP contribution >= 0.6 is 11.6 Å². The lowest BCUT2D eigenvalue weighted by atomic mass is 9.82. The number of alkyl halides is 1. The second-order valence-electron chi connectivity index (χ2n) is 5.58. The molecule has 0 radical (unpaired) electrons. The molecule has 1 atom stereocenters. The molecule has 2 rings (SSSR count). The van der Waals surface area contributed by atoms with Gasteiger partial charge >= 0.3 is 0 Å². The average molecular weight is 256 g/mol. The largest absolute Gasteiger partial charge is 0.327 e. The van der Waals surface area contributed by atoms with Gasteiger partial charge in [-0.25, -0.2) is 4.39 Å². The van der Waals surface area contributed by atoms with Gasteiger partial charge < -0.3 is 5.73 Å². The summed E-state index contributed by atoms with van der Waals surface area (Å²) < 4.78 is 14.3. The number of benzene rings is 1. The zero-order valence-electron chi connectivity index (χ0n) is 10.6. The van der Waals surface area contributed by atoms with E-state index in [2.05, 4.69) is 0 Å². The van der Waals surface area contributed by atoms with Gasteiger partial charge in [-0.05, 0) is 45.2 Å². The molecule has 0 spiro atoms. The van der Waals surface area contributed by atoms with Crippen molar-refractivity contribution in [3.8, 4) is 0 Å². The van der Waals surface area contributed by atoms with E-state index in [4.69, 9.17) is 17.3 Å². The van der Waals surface area contributed by atoms with Gasteiger partial charge in [0.1, 0.15) is 5.67 Å². The van der Waals surface area contributed by atoms with Crippen molar-refractivity contribution in [2.45, 2.75) is 50.7 Å². The predicted molar refractivity (Wildman–Crippen MR) is 70.1 cm³/mol. The Labute approximate surface area is 107 Å². The van der Waals surface area contributed by atoms with Crippen LogP contribution in [-0.2, 0) is 11.1 Å². The molecular weight excluding hydrogens is 237 g/mol. The first-order chi connectivity index (χ1) is 7.79. The number of halogens is 2. The average Bonchev–Trinajstić information content (AvgIpc) is 2.95. The van der Waals surface area contributed by atoms with Gasteiger partial charge in [0.2, 0.25) is 0 Å². The monoisotopic (exact) mass is 255 g/mol. The van der Waals surface area contributed by atoms with E-state index in [1.54, 1.807) is 19.9 Å². The summed E-state index contributed by atoms with van der Waals surface area (Å²) in [6.45, 7) is 5.09. The summed E-state index contributed by atoms with van der Waals surface area (Å²) in [7, 11) is 0. The van der Waals surface area contributed by atoms with Crippen LogP contribution in [0.5, 0.6) is 0 Å². The summed E-state index contributed by atoms with van der Waals surface area (Å²) in [5.41, 5.74) is 6.16. The fraction of sp³-hybridized carbons (Fsp3) is 0.571. The third-order valence-corrected chi connectivity index (χ3v) is 4.12. The van der Waals surface area contributed by atoms with Crippen LogP contribution in [-0.4, -0.2) is 6.04 Å². The second kappa shape index (κ2) is 3.96. The van der Waals surface area contributed by atoms with Crippen molar-refractivity contribution >= 4 is 11.6 Å². The number of nitrogens with two attached hydrogens (primary N) is 1. The Hall–Kier alpha value is -0.600. The minimum atomic E-state index is -1.43.